The van der Waals surface area contributed by atoms with Crippen molar-refractivity contribution in [3.05, 3.63) is 0 Å². The van der Waals surface area contributed by atoms with Crippen molar-refractivity contribution in [2.24, 2.45) is 5.92 Å². The smallest absolute Gasteiger partial charge is 0.326 e. The van der Waals surface area contributed by atoms with Crippen LogP contribution in [-0.4, -0.2) is 23.0 Å². The highest BCUT2D eigenvalue weighted by atomic mass is 16.4. The van der Waals surface area contributed by atoms with Gasteiger partial charge >= 0.3 is 5.97 Å². The minimum Gasteiger partial charge on any atom is -0.480 e. The maximum Gasteiger partial charge on any atom is 0.326 e. The Hall–Kier alpha value is -1.06. The minimum atomic E-state index is -0.939. The predicted octanol–water partition coefficient (Wildman–Crippen LogP) is 2.57. The lowest BCUT2D eigenvalue weighted by Gasteiger charge is -2.18. The molecule has 1 amide bonds. The lowest BCUT2D eigenvalue weighted by atomic mass is 9.98. The molecule has 0 heterocycles. The number of amides is 1. The summed E-state index contributed by atoms with van der Waals surface area (Å²) in [7, 11) is 0. The zero-order valence-corrected chi connectivity index (χ0v) is 11.2. The first-order chi connectivity index (χ1) is 8.06. The van der Waals surface area contributed by atoms with Crippen LogP contribution < -0.4 is 5.32 Å². The van der Waals surface area contributed by atoms with Crippen LogP contribution in [0.15, 0.2) is 0 Å². The highest BCUT2D eigenvalue weighted by Crippen LogP contribution is 2.13. The second kappa shape index (κ2) is 9.02. The highest BCUT2D eigenvalue weighted by molar-refractivity contribution is 5.84. The van der Waals surface area contributed by atoms with Crippen LogP contribution in [-0.2, 0) is 9.59 Å². The Balaban J connectivity index is 4.30. The molecular weight excluding hydrogens is 218 g/mol. The molecule has 0 bridgehead atoms. The van der Waals surface area contributed by atoms with Crippen molar-refractivity contribution >= 4 is 11.9 Å². The van der Waals surface area contributed by atoms with Crippen LogP contribution in [0, 0.1) is 5.92 Å². The summed E-state index contributed by atoms with van der Waals surface area (Å²) in [4.78, 5) is 22.8. The molecule has 0 radical (unpaired) electrons. The molecule has 100 valence electrons. The van der Waals surface area contributed by atoms with Gasteiger partial charge in [0.05, 0.1) is 0 Å². The number of rotatable bonds is 9. The molecule has 17 heavy (non-hydrogen) atoms. The number of nitrogens with one attached hydrogen (secondary N) is 1. The van der Waals surface area contributed by atoms with Crippen LogP contribution in [0.4, 0.5) is 0 Å². The van der Waals surface area contributed by atoms with Gasteiger partial charge in [-0.05, 0) is 19.3 Å². The van der Waals surface area contributed by atoms with Gasteiger partial charge in [-0.25, -0.2) is 4.79 Å². The summed E-state index contributed by atoms with van der Waals surface area (Å²) in [5.74, 6) is -1.10. The molecule has 0 aromatic heterocycles. The summed E-state index contributed by atoms with van der Waals surface area (Å²) in [6, 6.07) is -0.733. The monoisotopic (exact) mass is 243 g/mol. The minimum absolute atomic E-state index is 0.0475. The Morgan fingerprint density at radius 3 is 2.18 bits per heavy atom. The van der Waals surface area contributed by atoms with E-state index in [1.54, 1.807) is 0 Å². The number of carboxylic acids is 1. The van der Waals surface area contributed by atoms with E-state index < -0.39 is 12.0 Å². The fraction of sp³-hybridized carbons (Fsp3) is 0.846. The summed E-state index contributed by atoms with van der Waals surface area (Å²) < 4.78 is 0. The molecular formula is C13H25NO3. The van der Waals surface area contributed by atoms with Gasteiger partial charge in [0, 0.05) is 5.92 Å². The number of hydrogen-bond acceptors (Lipinski definition) is 2. The number of carbonyl (C=O) groups is 2. The fourth-order valence-corrected chi connectivity index (χ4v) is 1.81. The van der Waals surface area contributed by atoms with Gasteiger partial charge in [-0.3, -0.25) is 4.79 Å². The molecule has 4 heteroatoms. The third-order valence-electron chi connectivity index (χ3n) is 2.96. The molecule has 0 aliphatic rings. The van der Waals surface area contributed by atoms with E-state index in [1.807, 2.05) is 13.8 Å². The molecule has 0 aliphatic heterocycles. The van der Waals surface area contributed by atoms with E-state index in [2.05, 4.69) is 12.2 Å². The number of aliphatic carboxylic acids is 1. The van der Waals surface area contributed by atoms with Gasteiger partial charge in [0.1, 0.15) is 6.04 Å². The first-order valence-electron chi connectivity index (χ1n) is 6.59. The lowest BCUT2D eigenvalue weighted by Crippen LogP contribution is -2.43. The van der Waals surface area contributed by atoms with Crippen LogP contribution >= 0.6 is 0 Å². The summed E-state index contributed by atoms with van der Waals surface area (Å²) >= 11 is 0. The number of unbranched alkanes of at least 4 members (excludes halogenated alkanes) is 1. The van der Waals surface area contributed by atoms with Gasteiger partial charge in [-0.2, -0.15) is 0 Å². The van der Waals surface area contributed by atoms with E-state index in [4.69, 9.17) is 5.11 Å². The zero-order chi connectivity index (χ0) is 13.3. The van der Waals surface area contributed by atoms with Crippen molar-refractivity contribution in [2.45, 2.75) is 65.3 Å². The zero-order valence-electron chi connectivity index (χ0n) is 11.2. The maximum atomic E-state index is 11.9. The van der Waals surface area contributed by atoms with Crippen molar-refractivity contribution < 1.29 is 14.7 Å². The van der Waals surface area contributed by atoms with Gasteiger partial charge in [0.2, 0.25) is 5.91 Å². The molecule has 0 aromatic rings. The van der Waals surface area contributed by atoms with Crippen LogP contribution in [0.3, 0.4) is 0 Å². The Morgan fingerprint density at radius 2 is 1.76 bits per heavy atom. The van der Waals surface area contributed by atoms with E-state index in [-0.39, 0.29) is 11.8 Å². The van der Waals surface area contributed by atoms with Crippen LogP contribution in [0.5, 0.6) is 0 Å². The van der Waals surface area contributed by atoms with E-state index in [9.17, 15) is 9.59 Å². The van der Waals surface area contributed by atoms with E-state index >= 15 is 0 Å². The summed E-state index contributed by atoms with van der Waals surface area (Å²) in [5.41, 5.74) is 0. The standard InChI is InChI=1S/C13H25NO3/c1-4-7-9-10(6-3)12(15)14-11(8-5-2)13(16)17/h10-11H,4-9H2,1-3H3,(H,14,15)(H,16,17)/t10?,11-/m1/s1. The molecule has 2 atom stereocenters. The van der Waals surface area contributed by atoms with Gasteiger partial charge in [-0.15, -0.1) is 0 Å². The second-order valence-corrected chi connectivity index (χ2v) is 4.44. The van der Waals surface area contributed by atoms with Crippen LogP contribution in [0.25, 0.3) is 0 Å². The quantitative estimate of drug-likeness (QED) is 0.654. The van der Waals surface area contributed by atoms with Crippen molar-refractivity contribution in [3.8, 4) is 0 Å². The molecule has 0 saturated carbocycles. The van der Waals surface area contributed by atoms with Crippen molar-refractivity contribution in [1.82, 2.24) is 5.32 Å². The molecule has 0 aromatic carbocycles. The number of hydrogen-bond donors (Lipinski definition) is 2. The Bertz CT molecular complexity index is 241. The van der Waals surface area contributed by atoms with E-state index in [0.717, 1.165) is 32.1 Å². The topological polar surface area (TPSA) is 66.4 Å². The Labute approximate surface area is 104 Å². The van der Waals surface area contributed by atoms with E-state index in [0.29, 0.717) is 6.42 Å². The lowest BCUT2D eigenvalue weighted by molar-refractivity contribution is -0.142. The Morgan fingerprint density at radius 1 is 1.12 bits per heavy atom. The summed E-state index contributed by atoms with van der Waals surface area (Å²) in [6.07, 6.45) is 4.93. The maximum absolute atomic E-state index is 11.9. The molecule has 0 aliphatic carbocycles. The fourth-order valence-electron chi connectivity index (χ4n) is 1.81. The molecule has 1 unspecified atom stereocenters. The third-order valence-corrected chi connectivity index (χ3v) is 2.96. The predicted molar refractivity (Wildman–Crippen MR) is 67.8 cm³/mol. The average molecular weight is 243 g/mol. The summed E-state index contributed by atoms with van der Waals surface area (Å²) in [6.45, 7) is 5.97. The largest absolute Gasteiger partial charge is 0.480 e. The van der Waals surface area contributed by atoms with Crippen molar-refractivity contribution in [2.75, 3.05) is 0 Å². The summed E-state index contributed by atoms with van der Waals surface area (Å²) in [5, 5.41) is 11.6. The van der Waals surface area contributed by atoms with Gasteiger partial charge in [0.15, 0.2) is 0 Å². The van der Waals surface area contributed by atoms with Gasteiger partial charge in [-0.1, -0.05) is 40.0 Å². The third kappa shape index (κ3) is 6.29. The Kier molecular flexibility index (Phi) is 8.46. The number of carboxylic acid groups (broad SMARTS) is 1. The second-order valence-electron chi connectivity index (χ2n) is 4.44. The number of carbonyl (C=O) groups excluding carboxylic acids is 1. The molecule has 0 fully saturated rings. The molecule has 0 saturated heterocycles. The van der Waals surface area contributed by atoms with E-state index in [1.165, 1.54) is 0 Å². The first kappa shape index (κ1) is 15.9. The normalized spacial score (nSPS) is 14.1. The molecule has 0 rings (SSSR count). The van der Waals surface area contributed by atoms with Crippen molar-refractivity contribution in [1.29, 1.82) is 0 Å². The molecule has 2 N–H and O–H groups in total. The van der Waals surface area contributed by atoms with Crippen molar-refractivity contribution in [3.63, 3.8) is 0 Å². The molecule has 4 nitrogen and oxygen atoms in total. The first-order valence-corrected chi connectivity index (χ1v) is 6.59. The van der Waals surface area contributed by atoms with Crippen LogP contribution in [0.2, 0.25) is 0 Å². The highest BCUT2D eigenvalue weighted by Gasteiger charge is 2.23. The van der Waals surface area contributed by atoms with Gasteiger partial charge in [0.25, 0.3) is 0 Å². The molecule has 0 spiro atoms. The SMILES string of the molecule is CCCCC(CC)C(=O)N[C@H](CCC)C(=O)O. The van der Waals surface area contributed by atoms with Gasteiger partial charge < -0.3 is 10.4 Å². The average Bonchev–Trinajstić information content (AvgIpc) is 2.29. The van der Waals surface area contributed by atoms with Crippen LogP contribution in [0.1, 0.15) is 59.3 Å².